The number of nitrogens with one attached hydrogen (secondary N) is 3. The second-order valence-corrected chi connectivity index (χ2v) is 4.45. The molecule has 0 unspecified atom stereocenters. The molecule has 0 spiro atoms. The molecule has 0 aromatic carbocycles. The average Bonchev–Trinajstić information content (AvgIpc) is 2.66. The Hall–Kier alpha value is -1.48. The van der Waals surface area contributed by atoms with Crippen LogP contribution >= 0.6 is 0 Å². The van der Waals surface area contributed by atoms with Crippen molar-refractivity contribution >= 4 is 5.91 Å². The summed E-state index contributed by atoms with van der Waals surface area (Å²) in [6.07, 6.45) is -3.26. The van der Waals surface area contributed by atoms with Crippen LogP contribution in [-0.2, 0) is 4.79 Å². The van der Waals surface area contributed by atoms with E-state index in [9.17, 15) is 18.0 Å². The van der Waals surface area contributed by atoms with E-state index in [1.807, 2.05) is 13.2 Å². The van der Waals surface area contributed by atoms with Crippen molar-refractivity contribution in [2.75, 3.05) is 33.7 Å². The molecule has 1 rings (SSSR count). The molecular weight excluding hydrogens is 275 g/mol. The molecule has 0 bridgehead atoms. The Labute approximate surface area is 115 Å². The highest BCUT2D eigenvalue weighted by atomic mass is 19.4. The number of carbonyl (C=O) groups is 1. The topological polar surface area (TPSA) is 59.6 Å². The number of hydrazine groups is 2. The van der Waals surface area contributed by atoms with Crippen LogP contribution in [0.5, 0.6) is 0 Å². The monoisotopic (exact) mass is 295 g/mol. The Morgan fingerprint density at radius 2 is 2.15 bits per heavy atom. The molecule has 1 aliphatic rings. The third-order valence-corrected chi connectivity index (χ3v) is 2.66. The van der Waals surface area contributed by atoms with Crippen LogP contribution in [0.1, 0.15) is 12.8 Å². The van der Waals surface area contributed by atoms with E-state index in [1.165, 1.54) is 0 Å². The van der Waals surface area contributed by atoms with Gasteiger partial charge in [0.25, 0.3) is 0 Å². The Morgan fingerprint density at radius 3 is 2.75 bits per heavy atom. The Balaban J connectivity index is 2.24. The maximum atomic E-state index is 11.9. The van der Waals surface area contributed by atoms with Crippen molar-refractivity contribution in [2.24, 2.45) is 0 Å². The lowest BCUT2D eigenvalue weighted by Crippen LogP contribution is -2.41. The maximum Gasteiger partial charge on any atom is 0.390 e. The molecule has 20 heavy (non-hydrogen) atoms. The van der Waals surface area contributed by atoms with Crippen molar-refractivity contribution in [2.45, 2.75) is 19.0 Å². The van der Waals surface area contributed by atoms with Crippen molar-refractivity contribution in [3.05, 3.63) is 11.9 Å². The fourth-order valence-corrected chi connectivity index (χ4v) is 1.71. The number of likely N-dealkylation sites (N-methyl/N-ethyl adjacent to an activating group) is 1. The van der Waals surface area contributed by atoms with Gasteiger partial charge in [-0.3, -0.25) is 9.80 Å². The van der Waals surface area contributed by atoms with Crippen LogP contribution in [0.25, 0.3) is 0 Å². The highest BCUT2D eigenvalue weighted by Crippen LogP contribution is 2.18. The normalized spacial score (nSPS) is 16.1. The molecule has 1 heterocycles. The number of amides is 1. The summed E-state index contributed by atoms with van der Waals surface area (Å²) in [5, 5.41) is 8.75. The second kappa shape index (κ2) is 7.34. The van der Waals surface area contributed by atoms with Gasteiger partial charge in [-0.2, -0.15) is 13.2 Å². The second-order valence-electron chi connectivity index (χ2n) is 4.45. The van der Waals surface area contributed by atoms with Gasteiger partial charge >= 0.3 is 6.18 Å². The van der Waals surface area contributed by atoms with E-state index in [0.717, 1.165) is 5.70 Å². The quantitative estimate of drug-likeness (QED) is 0.625. The van der Waals surface area contributed by atoms with Gasteiger partial charge in [-0.05, 0) is 7.05 Å². The first-order valence-electron chi connectivity index (χ1n) is 6.27. The lowest BCUT2D eigenvalue weighted by molar-refractivity contribution is -0.135. The van der Waals surface area contributed by atoms with Gasteiger partial charge in [-0.1, -0.05) is 0 Å². The summed E-state index contributed by atoms with van der Waals surface area (Å²) >= 11 is 0. The van der Waals surface area contributed by atoms with Crippen LogP contribution in [0.2, 0.25) is 0 Å². The van der Waals surface area contributed by atoms with Crippen molar-refractivity contribution in [1.82, 2.24) is 26.2 Å². The first-order valence-corrected chi connectivity index (χ1v) is 6.27. The number of rotatable bonds is 7. The first kappa shape index (κ1) is 16.6. The van der Waals surface area contributed by atoms with Crippen molar-refractivity contribution < 1.29 is 18.0 Å². The molecule has 0 aromatic heterocycles. The first-order chi connectivity index (χ1) is 9.31. The van der Waals surface area contributed by atoms with Crippen LogP contribution < -0.4 is 16.1 Å². The van der Waals surface area contributed by atoms with E-state index in [-0.39, 0.29) is 13.0 Å². The molecule has 0 saturated carbocycles. The van der Waals surface area contributed by atoms with Crippen LogP contribution in [0.3, 0.4) is 0 Å². The minimum absolute atomic E-state index is 0.132. The third kappa shape index (κ3) is 6.11. The van der Waals surface area contributed by atoms with Crippen LogP contribution in [0, 0.1) is 0 Å². The Bertz CT molecular complexity index is 358. The summed E-state index contributed by atoms with van der Waals surface area (Å²) in [5.74, 6) is -0.391. The molecule has 0 aromatic rings. The smallest absolute Gasteiger partial charge is 0.356 e. The molecule has 0 atom stereocenters. The van der Waals surface area contributed by atoms with E-state index < -0.39 is 18.5 Å². The molecule has 9 heteroatoms. The maximum absolute atomic E-state index is 11.9. The molecule has 0 radical (unpaired) electrons. The van der Waals surface area contributed by atoms with Crippen LogP contribution in [0.15, 0.2) is 11.9 Å². The van der Waals surface area contributed by atoms with Gasteiger partial charge in [0.1, 0.15) is 0 Å². The summed E-state index contributed by atoms with van der Waals surface area (Å²) in [5.41, 5.74) is 4.02. The van der Waals surface area contributed by atoms with E-state index in [2.05, 4.69) is 16.1 Å². The summed E-state index contributed by atoms with van der Waals surface area (Å²) in [6, 6.07) is 0. The molecule has 1 aliphatic heterocycles. The third-order valence-electron chi connectivity index (χ3n) is 2.66. The zero-order chi connectivity index (χ0) is 15.2. The predicted molar refractivity (Wildman–Crippen MR) is 67.9 cm³/mol. The minimum Gasteiger partial charge on any atom is -0.356 e. The van der Waals surface area contributed by atoms with Crippen molar-refractivity contribution in [3.63, 3.8) is 0 Å². The predicted octanol–water partition coefficient (Wildman–Crippen LogP) is 0.173. The molecule has 1 amide bonds. The average molecular weight is 295 g/mol. The van der Waals surface area contributed by atoms with Crippen LogP contribution in [0.4, 0.5) is 13.2 Å². The van der Waals surface area contributed by atoms with Gasteiger partial charge in [0.2, 0.25) is 5.91 Å². The molecule has 3 N–H and O–H groups in total. The molecule has 0 aliphatic carbocycles. The van der Waals surface area contributed by atoms with Gasteiger partial charge in [-0.25, -0.2) is 0 Å². The number of nitrogens with zero attached hydrogens (tertiary/aromatic N) is 2. The zero-order valence-electron chi connectivity index (χ0n) is 11.5. The van der Waals surface area contributed by atoms with Crippen molar-refractivity contribution in [3.8, 4) is 0 Å². The largest absolute Gasteiger partial charge is 0.390 e. The molecule has 6 nitrogen and oxygen atoms in total. The number of hydrogen-bond acceptors (Lipinski definition) is 5. The van der Waals surface area contributed by atoms with Gasteiger partial charge in [-0.15, -0.1) is 5.12 Å². The van der Waals surface area contributed by atoms with Gasteiger partial charge in [0.05, 0.1) is 12.1 Å². The highest BCUT2D eigenvalue weighted by molar-refractivity contribution is 5.76. The fraction of sp³-hybridized carbons (Fsp3) is 0.727. The Morgan fingerprint density at radius 1 is 1.45 bits per heavy atom. The number of hydrogen-bond donors (Lipinski definition) is 3. The number of halogens is 3. The number of alkyl halides is 3. The molecule has 0 saturated heterocycles. The van der Waals surface area contributed by atoms with Gasteiger partial charge in [0.15, 0.2) is 0 Å². The summed E-state index contributed by atoms with van der Waals surface area (Å²) in [7, 11) is 3.61. The van der Waals surface area contributed by atoms with Crippen LogP contribution in [-0.4, -0.2) is 55.9 Å². The highest BCUT2D eigenvalue weighted by Gasteiger charge is 2.26. The lowest BCUT2D eigenvalue weighted by atomic mass is 10.3. The van der Waals surface area contributed by atoms with E-state index in [1.54, 1.807) is 17.2 Å². The van der Waals surface area contributed by atoms with Gasteiger partial charge in [0, 0.05) is 39.3 Å². The number of carbonyl (C=O) groups excluding carboxylic acids is 1. The Kier molecular flexibility index (Phi) is 6.08. The van der Waals surface area contributed by atoms with E-state index in [4.69, 9.17) is 0 Å². The summed E-state index contributed by atoms with van der Waals surface area (Å²) in [4.78, 5) is 11.4. The standard InChI is InChI=1S/C11H20F3N5O/c1-15-7-9-8-19(18(2)17-9)6-3-10(20)16-5-4-11(12,13)14/h8,15,17H,3-7H2,1-2H3,(H,16,20). The van der Waals surface area contributed by atoms with Gasteiger partial charge < -0.3 is 16.1 Å². The fourth-order valence-electron chi connectivity index (χ4n) is 1.71. The molecular formula is C11H20F3N5O. The summed E-state index contributed by atoms with van der Waals surface area (Å²) < 4.78 is 35.7. The van der Waals surface area contributed by atoms with Crippen molar-refractivity contribution in [1.29, 1.82) is 0 Å². The van der Waals surface area contributed by atoms with E-state index >= 15 is 0 Å². The SMILES string of the molecule is CNCC1=CN(CCC(=O)NCCC(F)(F)F)N(C)N1. The lowest BCUT2D eigenvalue weighted by Gasteiger charge is -2.24. The zero-order valence-corrected chi connectivity index (χ0v) is 11.5. The minimum atomic E-state index is -4.24. The molecule has 0 fully saturated rings. The molecule has 116 valence electrons. The summed E-state index contributed by atoms with van der Waals surface area (Å²) in [6.45, 7) is 0.685. The van der Waals surface area contributed by atoms with E-state index in [0.29, 0.717) is 13.1 Å².